The smallest absolute Gasteiger partial charge is 0.315 e. The predicted molar refractivity (Wildman–Crippen MR) is 83.8 cm³/mol. The maximum Gasteiger partial charge on any atom is 0.315 e. The third-order valence-corrected chi connectivity index (χ3v) is 3.50. The maximum atomic E-state index is 11.8. The third kappa shape index (κ3) is 3.51. The fraction of sp³-hybridized carbons (Fsp3) is 0.250. The van der Waals surface area contributed by atoms with Crippen LogP contribution in [0.5, 0.6) is 0 Å². The monoisotopic (exact) mass is 314 g/mol. The van der Waals surface area contributed by atoms with Crippen molar-refractivity contribution in [3.05, 3.63) is 59.9 Å². The Bertz CT molecular complexity index is 795. The first-order valence-electron chi connectivity index (χ1n) is 7.30. The number of carbonyl (C=O) groups is 1. The molecule has 0 aliphatic carbocycles. The second-order valence-corrected chi connectivity index (χ2v) is 5.22. The van der Waals surface area contributed by atoms with Crippen LogP contribution in [0.2, 0.25) is 0 Å². The van der Waals surface area contributed by atoms with E-state index in [0.29, 0.717) is 12.3 Å². The van der Waals surface area contributed by atoms with Crippen molar-refractivity contribution in [2.45, 2.75) is 19.6 Å². The van der Waals surface area contributed by atoms with Crippen LogP contribution < -0.4 is 10.6 Å². The van der Waals surface area contributed by atoms with Crippen molar-refractivity contribution in [3.63, 3.8) is 0 Å². The van der Waals surface area contributed by atoms with E-state index in [9.17, 15) is 9.90 Å². The van der Waals surface area contributed by atoms with Crippen LogP contribution >= 0.6 is 0 Å². The summed E-state index contributed by atoms with van der Waals surface area (Å²) >= 11 is 0. The summed E-state index contributed by atoms with van der Waals surface area (Å²) in [4.78, 5) is 16.2. The Hall–Kier alpha value is -2.80. The number of furan rings is 1. The topological polar surface area (TPSA) is 91.8 Å². The molecule has 120 valence electrons. The van der Waals surface area contributed by atoms with E-state index in [1.807, 2.05) is 35.7 Å². The highest BCUT2D eigenvalue weighted by Gasteiger charge is 2.12. The van der Waals surface area contributed by atoms with Gasteiger partial charge in [0.15, 0.2) is 0 Å². The van der Waals surface area contributed by atoms with E-state index in [1.165, 1.54) is 6.26 Å². The van der Waals surface area contributed by atoms with Crippen LogP contribution in [0, 0.1) is 6.92 Å². The highest BCUT2D eigenvalue weighted by Crippen LogP contribution is 2.11. The van der Waals surface area contributed by atoms with E-state index >= 15 is 0 Å². The number of aryl methyl sites for hydroxylation is 1. The van der Waals surface area contributed by atoms with Gasteiger partial charge in [-0.15, -0.1) is 0 Å². The Kier molecular flexibility index (Phi) is 4.29. The molecule has 3 aromatic heterocycles. The molecule has 7 heteroatoms. The lowest BCUT2D eigenvalue weighted by molar-refractivity contribution is 0.148. The van der Waals surface area contributed by atoms with Crippen LogP contribution in [0.25, 0.3) is 5.65 Å². The number of aliphatic hydroxyl groups is 1. The highest BCUT2D eigenvalue weighted by atomic mass is 16.4. The van der Waals surface area contributed by atoms with Gasteiger partial charge < -0.3 is 24.6 Å². The number of urea groups is 1. The minimum Gasteiger partial charge on any atom is -0.467 e. The molecule has 7 nitrogen and oxygen atoms in total. The summed E-state index contributed by atoms with van der Waals surface area (Å²) in [6.45, 7) is 2.38. The summed E-state index contributed by atoms with van der Waals surface area (Å²) in [5, 5.41) is 15.1. The van der Waals surface area contributed by atoms with Gasteiger partial charge in [0.1, 0.15) is 17.5 Å². The summed E-state index contributed by atoms with van der Waals surface area (Å²) in [5.41, 5.74) is 2.68. The summed E-state index contributed by atoms with van der Waals surface area (Å²) in [6, 6.07) is 8.82. The predicted octanol–water partition coefficient (Wildman–Crippen LogP) is 1.77. The van der Waals surface area contributed by atoms with Gasteiger partial charge in [-0.25, -0.2) is 9.78 Å². The molecule has 0 saturated heterocycles. The molecule has 3 aromatic rings. The number of pyridine rings is 1. The van der Waals surface area contributed by atoms with Gasteiger partial charge in [0, 0.05) is 11.9 Å². The number of amides is 2. The number of nitrogens with zero attached hydrogens (tertiary/aromatic N) is 2. The van der Waals surface area contributed by atoms with Crippen molar-refractivity contribution < 1.29 is 14.3 Å². The van der Waals surface area contributed by atoms with Gasteiger partial charge >= 0.3 is 6.03 Å². The van der Waals surface area contributed by atoms with E-state index in [1.54, 1.807) is 12.1 Å². The summed E-state index contributed by atoms with van der Waals surface area (Å²) in [6.07, 6.45) is 2.50. The molecule has 0 aliphatic rings. The van der Waals surface area contributed by atoms with E-state index in [4.69, 9.17) is 4.42 Å². The molecule has 2 amide bonds. The number of imidazole rings is 1. The number of fused-ring (bicyclic) bond motifs is 1. The lowest BCUT2D eigenvalue weighted by Gasteiger charge is -2.10. The zero-order valence-corrected chi connectivity index (χ0v) is 12.7. The quantitative estimate of drug-likeness (QED) is 0.669. The fourth-order valence-electron chi connectivity index (χ4n) is 2.29. The Labute approximate surface area is 133 Å². The van der Waals surface area contributed by atoms with E-state index in [-0.39, 0.29) is 12.6 Å². The average molecular weight is 314 g/mol. The Morgan fingerprint density at radius 2 is 2.22 bits per heavy atom. The summed E-state index contributed by atoms with van der Waals surface area (Å²) < 4.78 is 7.04. The highest BCUT2D eigenvalue weighted by molar-refractivity contribution is 5.73. The first-order chi connectivity index (χ1) is 11.1. The van der Waals surface area contributed by atoms with Gasteiger partial charge in [-0.3, -0.25) is 0 Å². The van der Waals surface area contributed by atoms with Crippen molar-refractivity contribution in [2.75, 3.05) is 6.54 Å². The Morgan fingerprint density at radius 3 is 2.96 bits per heavy atom. The van der Waals surface area contributed by atoms with Crippen molar-refractivity contribution in [1.82, 2.24) is 20.0 Å². The first-order valence-corrected chi connectivity index (χ1v) is 7.30. The second kappa shape index (κ2) is 6.53. The fourth-order valence-corrected chi connectivity index (χ4v) is 2.29. The number of aromatic nitrogens is 2. The number of hydrogen-bond acceptors (Lipinski definition) is 4. The number of carbonyl (C=O) groups excluding carboxylic acids is 1. The normalized spacial score (nSPS) is 12.3. The molecule has 0 saturated carbocycles. The van der Waals surface area contributed by atoms with Crippen LogP contribution in [-0.2, 0) is 6.54 Å². The number of nitrogens with one attached hydrogen (secondary N) is 2. The molecule has 0 aromatic carbocycles. The SMILES string of the molecule is Cc1cccc2nc(CNC(=O)NCC(O)c3ccco3)cn12. The molecule has 0 radical (unpaired) electrons. The van der Waals surface area contributed by atoms with E-state index in [2.05, 4.69) is 15.6 Å². The van der Waals surface area contributed by atoms with Gasteiger partial charge in [-0.05, 0) is 31.2 Å². The Balaban J connectivity index is 1.51. The molecule has 3 heterocycles. The molecule has 3 N–H and O–H groups in total. The molecule has 1 unspecified atom stereocenters. The lowest BCUT2D eigenvalue weighted by atomic mass is 10.3. The second-order valence-electron chi connectivity index (χ2n) is 5.22. The molecule has 0 fully saturated rings. The van der Waals surface area contributed by atoms with Crippen molar-refractivity contribution in [1.29, 1.82) is 0 Å². The Morgan fingerprint density at radius 1 is 1.35 bits per heavy atom. The number of hydrogen-bond donors (Lipinski definition) is 3. The third-order valence-electron chi connectivity index (χ3n) is 3.50. The first kappa shape index (κ1) is 15.1. The minimum atomic E-state index is -0.867. The van der Waals surface area contributed by atoms with Crippen molar-refractivity contribution >= 4 is 11.7 Å². The number of rotatable bonds is 5. The minimum absolute atomic E-state index is 0.0730. The van der Waals surface area contributed by atoms with Gasteiger partial charge in [0.05, 0.1) is 25.0 Å². The molecule has 0 aliphatic heterocycles. The van der Waals surface area contributed by atoms with Crippen LogP contribution in [0.3, 0.4) is 0 Å². The van der Waals surface area contributed by atoms with Crippen LogP contribution in [0.15, 0.2) is 47.2 Å². The zero-order valence-electron chi connectivity index (χ0n) is 12.7. The molecule has 23 heavy (non-hydrogen) atoms. The van der Waals surface area contributed by atoms with Crippen LogP contribution in [0.1, 0.15) is 23.3 Å². The molecular formula is C16H18N4O3. The van der Waals surface area contributed by atoms with Gasteiger partial charge in [0.25, 0.3) is 0 Å². The zero-order chi connectivity index (χ0) is 16.2. The molecule has 3 rings (SSSR count). The summed E-state index contributed by atoms with van der Waals surface area (Å²) in [7, 11) is 0. The van der Waals surface area contributed by atoms with Crippen LogP contribution in [0.4, 0.5) is 4.79 Å². The molecular weight excluding hydrogens is 296 g/mol. The van der Waals surface area contributed by atoms with Gasteiger partial charge in [-0.2, -0.15) is 0 Å². The van der Waals surface area contributed by atoms with Crippen molar-refractivity contribution in [3.8, 4) is 0 Å². The van der Waals surface area contributed by atoms with Crippen LogP contribution in [-0.4, -0.2) is 27.1 Å². The molecule has 1 atom stereocenters. The lowest BCUT2D eigenvalue weighted by Crippen LogP contribution is -2.37. The summed E-state index contributed by atoms with van der Waals surface area (Å²) in [5.74, 6) is 0.418. The molecule has 0 bridgehead atoms. The van der Waals surface area contributed by atoms with Gasteiger partial charge in [-0.1, -0.05) is 6.07 Å². The maximum absolute atomic E-state index is 11.8. The average Bonchev–Trinajstić information content (AvgIpc) is 3.20. The van der Waals surface area contributed by atoms with E-state index in [0.717, 1.165) is 17.0 Å². The standard InChI is InChI=1S/C16H18N4O3/c1-11-4-2-6-15-19-12(10-20(11)15)8-17-16(22)18-9-13(21)14-5-3-7-23-14/h2-7,10,13,21H,8-9H2,1H3,(H2,17,18,22). The van der Waals surface area contributed by atoms with E-state index < -0.39 is 6.10 Å². The largest absolute Gasteiger partial charge is 0.467 e. The van der Waals surface area contributed by atoms with Gasteiger partial charge in [0.2, 0.25) is 0 Å². The van der Waals surface area contributed by atoms with Crippen molar-refractivity contribution in [2.24, 2.45) is 0 Å². The molecule has 0 spiro atoms. The number of aliphatic hydroxyl groups excluding tert-OH is 1.